The Morgan fingerprint density at radius 1 is 0.277 bits per heavy atom. The zero-order valence-corrected chi connectivity index (χ0v) is 88.3. The Labute approximate surface area is 885 Å². The Hall–Kier alpha value is -14.8. The zero-order chi connectivity index (χ0) is 104. The number of rotatable bonds is 12. The minimum absolute atomic E-state index is 0.0984. The van der Waals surface area contributed by atoms with Crippen molar-refractivity contribution in [3.63, 3.8) is 0 Å². The third kappa shape index (κ3) is 24.2. The first-order valence-corrected chi connectivity index (χ1v) is 50.9. The average Bonchev–Trinajstić information content (AvgIpc) is 1.58. The quantitative estimate of drug-likeness (QED) is 0.0394. The number of ketones is 1. The van der Waals surface area contributed by atoms with Crippen LogP contribution < -0.4 is 11.2 Å². The van der Waals surface area contributed by atoms with E-state index in [-0.39, 0.29) is 51.8 Å². The summed E-state index contributed by atoms with van der Waals surface area (Å²) in [6.07, 6.45) is 0.780. The Balaban J connectivity index is 0.000000117. The lowest BCUT2D eigenvalue weighted by molar-refractivity contribution is 0.00578. The number of carbonyl (C=O) groups is 2. The number of Topliss-reactive ketones (excluding diaryl/α,β-unsaturated/α-hetero) is 1. The Bertz CT molecular complexity index is 8240. The van der Waals surface area contributed by atoms with Crippen LogP contribution in [-0.2, 0) is 27.9 Å². The van der Waals surface area contributed by atoms with Crippen molar-refractivity contribution in [2.75, 3.05) is 5.73 Å². The highest BCUT2D eigenvalue weighted by Crippen LogP contribution is 2.45. The first kappa shape index (κ1) is 103. The van der Waals surface area contributed by atoms with E-state index in [1.165, 1.54) is 37.7 Å². The Morgan fingerprint density at radius 3 is 0.912 bits per heavy atom. The number of fused-ring (bicyclic) bond motifs is 7. The predicted molar refractivity (Wildman–Crippen MR) is 613 cm³/mol. The minimum Gasteiger partial charge on any atom is -0.405 e. The number of pyridine rings is 3. The number of hydrogen-bond donors (Lipinski definition) is 1. The normalized spacial score (nSPS) is 14.7. The third-order valence-corrected chi connectivity index (χ3v) is 28.5. The summed E-state index contributed by atoms with van der Waals surface area (Å²) in [6, 6.07) is 134. The molecule has 0 saturated carbocycles. The van der Waals surface area contributed by atoms with Crippen LogP contribution in [-0.4, -0.2) is 112 Å². The number of carbonyl (C=O) groups excluding carboxylic acids is 2. The Morgan fingerprint density at radius 2 is 0.561 bits per heavy atom. The highest BCUT2D eigenvalue weighted by Gasteiger charge is 2.64. The molecule has 21 aromatic rings. The van der Waals surface area contributed by atoms with E-state index in [1.54, 1.807) is 19.1 Å². The van der Waals surface area contributed by atoms with Gasteiger partial charge in [-0.1, -0.05) is 335 Å². The SMILES string of the molecule is Brc1cccc(-c2ccc3cc4ccccc4cc3n2)c1.CC(=O)c1cccc(Br)c1.CC1(C)OB(B2OC(C)(C)C(C)(C)O2)OC1(C)C.CC1(C)OB(c2cccc(-c3ccc4cc5ccccc5cc4n3)c2)OC1(C)C.Clc1nc(-c2ccccc2)nc(-c2ccccc2)n1.Nc1cc2ccccc2cc1C=O.c1ccc(-c2nc(-c3ccccc3)nc(-c3cccc(-c4ccc5cc6ccccc6cc5n4)c3)n2)cc1. The van der Waals surface area contributed by atoms with Crippen LogP contribution >= 0.6 is 43.5 Å². The molecule has 0 bridgehead atoms. The van der Waals surface area contributed by atoms with Gasteiger partial charge in [0.15, 0.2) is 41.2 Å². The second kappa shape index (κ2) is 44.4. The number of nitrogen functional groups attached to an aromatic ring is 1. The second-order valence-corrected chi connectivity index (χ2v) is 41.5. The fourth-order valence-electron chi connectivity index (χ4n) is 17.0. The molecule has 0 spiro atoms. The van der Waals surface area contributed by atoms with E-state index in [1.807, 2.05) is 256 Å². The predicted octanol–water partition coefficient (Wildman–Crippen LogP) is 30.4. The number of aromatic nitrogens is 9. The van der Waals surface area contributed by atoms with Crippen molar-refractivity contribution in [1.29, 1.82) is 0 Å². The van der Waals surface area contributed by atoms with Gasteiger partial charge in [-0.25, -0.2) is 34.9 Å². The largest absolute Gasteiger partial charge is 0.494 e. The third-order valence-electron chi connectivity index (χ3n) is 27.4. The average molecular weight is 2090 g/mol. The molecule has 16 aromatic carbocycles. The Kier molecular flexibility index (Phi) is 31.0. The lowest BCUT2D eigenvalue weighted by Gasteiger charge is -2.32. The molecular formula is C124H108B3Br2ClN10O8. The van der Waals surface area contributed by atoms with Gasteiger partial charge in [-0.15, -0.1) is 0 Å². The van der Waals surface area contributed by atoms with E-state index in [9.17, 15) is 9.59 Å². The first-order valence-electron chi connectivity index (χ1n) is 49.0. The molecule has 3 aliphatic heterocycles. The number of nitrogens with two attached hydrogens (primary N) is 1. The van der Waals surface area contributed by atoms with Crippen molar-refractivity contribution in [3.8, 4) is 90.7 Å². The first-order chi connectivity index (χ1) is 71.1. The van der Waals surface area contributed by atoms with Crippen molar-refractivity contribution in [2.45, 2.75) is 124 Å². The van der Waals surface area contributed by atoms with Crippen molar-refractivity contribution in [1.82, 2.24) is 44.9 Å². The monoisotopic (exact) mass is 2090 g/mol. The number of hydrogen-bond acceptors (Lipinski definition) is 18. The second-order valence-electron chi connectivity index (χ2n) is 39.4. The molecule has 3 saturated heterocycles. The van der Waals surface area contributed by atoms with Gasteiger partial charge in [-0.2, -0.15) is 9.97 Å². The summed E-state index contributed by atoms with van der Waals surface area (Å²) in [4.78, 5) is 63.5. The molecule has 3 aliphatic rings. The highest BCUT2D eigenvalue weighted by atomic mass is 79.9. The van der Waals surface area contributed by atoms with E-state index in [0.717, 1.165) is 126 Å². The van der Waals surface area contributed by atoms with E-state index >= 15 is 0 Å². The fraction of sp³-hybridized carbons (Fsp3) is 0.153. The summed E-state index contributed by atoms with van der Waals surface area (Å²) in [7, 11) is -1.32. The molecule has 2 N–H and O–H groups in total. The molecule has 5 aromatic heterocycles. The highest BCUT2D eigenvalue weighted by molar-refractivity contribution is 9.10. The molecule has 0 unspecified atom stereocenters. The van der Waals surface area contributed by atoms with Crippen molar-refractivity contribution >= 4 is 164 Å². The molecule has 148 heavy (non-hydrogen) atoms. The number of benzene rings is 16. The van der Waals surface area contributed by atoms with Crippen LogP contribution in [0.3, 0.4) is 0 Å². The van der Waals surface area contributed by atoms with E-state index in [0.29, 0.717) is 40.4 Å². The van der Waals surface area contributed by atoms with Gasteiger partial charge >= 0.3 is 21.1 Å². The van der Waals surface area contributed by atoms with Gasteiger partial charge in [-0.05, 0) is 253 Å². The number of nitrogens with zero attached hydrogens (tertiary/aromatic N) is 9. The van der Waals surface area contributed by atoms with E-state index in [2.05, 4.69) is 263 Å². The maximum Gasteiger partial charge on any atom is 0.494 e. The molecule has 0 aliphatic carbocycles. The lowest BCUT2D eigenvalue weighted by atomic mass is 9.49. The van der Waals surface area contributed by atoms with Gasteiger partial charge in [0.05, 0.1) is 67.2 Å². The number of anilines is 1. The molecule has 0 radical (unpaired) electrons. The molecule has 0 amide bonds. The van der Waals surface area contributed by atoms with Crippen LogP contribution in [0.1, 0.15) is 111 Å². The van der Waals surface area contributed by atoms with Crippen LogP contribution in [0.2, 0.25) is 5.28 Å². The van der Waals surface area contributed by atoms with Crippen molar-refractivity contribution < 1.29 is 37.5 Å². The standard InChI is InChI=1S/C34H22N4.C25H24BNO2.C19H12BrN.C15H10ClN3.C12H24B2O4.C11H9NO.C8H7BrO/c1-3-10-23(11-4-1)32-36-33(24-12-5-2-6-13-24)38-34(37-32)29-17-9-16-27(21-29)30-19-18-28-20-25-14-7-8-15-26(25)22-31(28)35-30;1-24(2)25(3,4)29-26(28-24)21-11-7-10-19(15-21)22-13-12-20-14-17-8-5-6-9-18(17)16-23(20)27-22;20-17-7-3-6-15(11-17)18-9-8-16-10-13-4-1-2-5-14(13)12-19(16)21-18;16-15-18-13(11-7-3-1-4-8-11)17-14(19-15)12-9-5-2-6-10-12;1-9(2)10(3,4)16-13(15-9)14-17-11(5,6)12(7,8)18-14;12-11-6-9-4-2-1-3-8(9)5-10(11)7-13;1-6(10)7-3-2-4-8(9)5-7/h1-22H;5-16H,1-4H3;1-12H;1-10H;1-8H3;1-7H,12H2;2-5H,1H3. The topological polar surface area (TPSA) is 232 Å². The van der Waals surface area contributed by atoms with Gasteiger partial charge < -0.3 is 33.7 Å². The van der Waals surface area contributed by atoms with Gasteiger partial charge in [0.25, 0.3) is 0 Å². The summed E-state index contributed by atoms with van der Waals surface area (Å²) >= 11 is 12.8. The van der Waals surface area contributed by atoms with Gasteiger partial charge in [0.1, 0.15) is 0 Å². The molecular weight excluding hydrogens is 1990 g/mol. The summed E-state index contributed by atoms with van der Waals surface area (Å²) < 4.78 is 38.3. The lowest BCUT2D eigenvalue weighted by Crippen LogP contribution is -2.41. The summed E-state index contributed by atoms with van der Waals surface area (Å²) in [5.41, 5.74) is 20.1. The van der Waals surface area contributed by atoms with Crippen molar-refractivity contribution in [3.05, 3.63) is 426 Å². The summed E-state index contributed by atoms with van der Waals surface area (Å²) in [6.45, 7) is 26.1. The number of aldehydes is 1. The maximum absolute atomic E-state index is 10.8. The van der Waals surface area contributed by atoms with E-state index in [4.69, 9.17) is 75.2 Å². The van der Waals surface area contributed by atoms with E-state index < -0.39 is 14.0 Å². The van der Waals surface area contributed by atoms with Crippen LogP contribution in [0, 0.1) is 0 Å². The van der Waals surface area contributed by atoms with Gasteiger partial charge in [-0.3, -0.25) is 9.59 Å². The van der Waals surface area contributed by atoms with Gasteiger partial charge in [0.2, 0.25) is 5.28 Å². The zero-order valence-electron chi connectivity index (χ0n) is 84.4. The summed E-state index contributed by atoms with van der Waals surface area (Å²) in [5.74, 6) is 3.19. The van der Waals surface area contributed by atoms with Crippen LogP contribution in [0.15, 0.2) is 409 Å². The molecule has 24 heteroatoms. The van der Waals surface area contributed by atoms with Crippen LogP contribution in [0.25, 0.3) is 167 Å². The fourth-order valence-corrected chi connectivity index (χ4v) is 18.0. The molecule has 8 heterocycles. The molecule has 0 atom stereocenters. The molecule has 24 rings (SSSR count). The van der Waals surface area contributed by atoms with Crippen LogP contribution in [0.5, 0.6) is 0 Å². The summed E-state index contributed by atoms with van der Waals surface area (Å²) in [5, 5.41) is 13.1. The molecule has 3 fully saturated rings. The molecule has 732 valence electrons. The van der Waals surface area contributed by atoms with Crippen molar-refractivity contribution in [2.24, 2.45) is 0 Å². The molecule has 18 nitrogen and oxygen atoms in total. The number of halogens is 3. The van der Waals surface area contributed by atoms with Gasteiger partial charge in [0, 0.05) is 80.9 Å². The maximum atomic E-state index is 10.8. The van der Waals surface area contributed by atoms with Crippen LogP contribution in [0.4, 0.5) is 5.69 Å². The smallest absolute Gasteiger partial charge is 0.405 e. The minimum atomic E-state index is -0.476.